The van der Waals surface area contributed by atoms with Gasteiger partial charge in [-0.1, -0.05) is 32.9 Å². The Labute approximate surface area is 199 Å². The van der Waals surface area contributed by atoms with Crippen molar-refractivity contribution >= 4 is 19.6 Å². The highest BCUT2D eigenvalue weighted by Crippen LogP contribution is 2.55. The zero-order chi connectivity index (χ0) is 24.3. The molecule has 1 atom stereocenters. The Hall–Kier alpha value is -2.44. The molecule has 1 N–H and O–H groups in total. The first-order chi connectivity index (χ1) is 15.3. The summed E-state index contributed by atoms with van der Waals surface area (Å²) in [7, 11) is 1.32. The van der Waals surface area contributed by atoms with Crippen molar-refractivity contribution in [3.05, 3.63) is 41.5 Å². The van der Waals surface area contributed by atoms with Crippen molar-refractivity contribution in [2.45, 2.75) is 71.5 Å². The lowest BCUT2D eigenvalue weighted by molar-refractivity contribution is -0.0580. The molecular formula is C27H37NO4Si. The summed E-state index contributed by atoms with van der Waals surface area (Å²) in [5, 5.41) is 3.71. The summed E-state index contributed by atoms with van der Waals surface area (Å²) >= 11 is 0. The van der Waals surface area contributed by atoms with Gasteiger partial charge < -0.3 is 24.0 Å². The van der Waals surface area contributed by atoms with Gasteiger partial charge >= 0.3 is 0 Å². The lowest BCUT2D eigenvalue weighted by Gasteiger charge is -2.38. The number of benzene rings is 2. The average molecular weight is 468 g/mol. The molecule has 2 aliphatic rings. The molecule has 2 aliphatic heterocycles. The van der Waals surface area contributed by atoms with E-state index < -0.39 is 14.6 Å². The van der Waals surface area contributed by atoms with Gasteiger partial charge in [0.1, 0.15) is 11.5 Å². The van der Waals surface area contributed by atoms with Crippen molar-refractivity contribution in [3.8, 4) is 28.4 Å². The average Bonchev–Trinajstić information content (AvgIpc) is 2.70. The molecule has 178 valence electrons. The number of rotatable bonds is 4. The zero-order valence-electron chi connectivity index (χ0n) is 21.6. The third-order valence-electron chi connectivity index (χ3n) is 7.09. The van der Waals surface area contributed by atoms with Crippen LogP contribution < -0.4 is 19.2 Å². The number of allylic oxidation sites excluding steroid dienone is 1. The third kappa shape index (κ3) is 3.93. The van der Waals surface area contributed by atoms with Crippen LogP contribution in [0.4, 0.5) is 5.69 Å². The van der Waals surface area contributed by atoms with Crippen LogP contribution in [0.25, 0.3) is 16.7 Å². The Morgan fingerprint density at radius 1 is 1.03 bits per heavy atom. The van der Waals surface area contributed by atoms with E-state index in [2.05, 4.69) is 78.2 Å². The second-order valence-corrected chi connectivity index (χ2v) is 15.9. The smallest absolute Gasteiger partial charge is 0.250 e. The zero-order valence-corrected chi connectivity index (χ0v) is 22.6. The van der Waals surface area contributed by atoms with Crippen LogP contribution in [0.3, 0.4) is 0 Å². The minimum absolute atomic E-state index is 0.0723. The summed E-state index contributed by atoms with van der Waals surface area (Å²) in [6.45, 7) is 17.7. The number of fused-ring (bicyclic) bond motifs is 5. The van der Waals surface area contributed by atoms with Crippen molar-refractivity contribution in [2.24, 2.45) is 0 Å². The maximum absolute atomic E-state index is 6.69. The molecule has 2 heterocycles. The number of nitrogens with one attached hydrogen (secondary N) is 1. The Bertz CT molecular complexity index is 1130. The van der Waals surface area contributed by atoms with Crippen LogP contribution in [0.15, 0.2) is 30.3 Å². The monoisotopic (exact) mass is 467 g/mol. The molecule has 0 radical (unpaired) electrons. The van der Waals surface area contributed by atoms with Gasteiger partial charge in [-0.15, -0.1) is 0 Å². The van der Waals surface area contributed by atoms with Crippen LogP contribution in [0.1, 0.15) is 59.0 Å². The molecule has 0 bridgehead atoms. The van der Waals surface area contributed by atoms with Gasteiger partial charge in [-0.3, -0.25) is 0 Å². The van der Waals surface area contributed by atoms with E-state index in [-0.39, 0.29) is 10.6 Å². The summed E-state index contributed by atoms with van der Waals surface area (Å²) in [4.78, 5) is 0. The lowest BCUT2D eigenvalue weighted by Crippen LogP contribution is -2.44. The molecule has 5 nitrogen and oxygen atoms in total. The Morgan fingerprint density at radius 2 is 1.73 bits per heavy atom. The van der Waals surface area contributed by atoms with E-state index in [1.807, 2.05) is 12.1 Å². The number of methoxy groups -OCH3 is 2. The first-order valence-electron chi connectivity index (χ1n) is 11.5. The highest BCUT2D eigenvalue weighted by Gasteiger charge is 2.41. The van der Waals surface area contributed by atoms with Gasteiger partial charge in [-0.25, -0.2) is 0 Å². The van der Waals surface area contributed by atoms with E-state index in [1.165, 1.54) is 5.57 Å². The molecule has 0 aromatic heterocycles. The van der Waals surface area contributed by atoms with E-state index in [9.17, 15) is 0 Å². The number of anilines is 1. The fraction of sp³-hybridized carbons (Fsp3) is 0.481. The molecular weight excluding hydrogens is 430 g/mol. The van der Waals surface area contributed by atoms with Crippen LogP contribution in [0.2, 0.25) is 18.1 Å². The molecule has 6 heteroatoms. The SMILES string of the molecule is COc1c(O[Si](C)(C)C(C)(C)C)ccc2c1-c1ccc3c(c1C(OC)O2)C(C)=CC(C)(C)N3. The normalized spacial score (nSPS) is 18.7. The summed E-state index contributed by atoms with van der Waals surface area (Å²) < 4.78 is 24.9. The van der Waals surface area contributed by atoms with Gasteiger partial charge in [0, 0.05) is 23.9 Å². The number of hydrogen-bond acceptors (Lipinski definition) is 5. The van der Waals surface area contributed by atoms with E-state index in [4.69, 9.17) is 18.6 Å². The predicted octanol–water partition coefficient (Wildman–Crippen LogP) is 7.39. The Kier molecular flexibility index (Phi) is 5.61. The highest BCUT2D eigenvalue weighted by atomic mass is 28.4. The van der Waals surface area contributed by atoms with Crippen LogP contribution in [-0.2, 0) is 4.74 Å². The molecule has 0 amide bonds. The van der Waals surface area contributed by atoms with Gasteiger partial charge in [-0.2, -0.15) is 0 Å². The minimum atomic E-state index is -2.07. The molecule has 0 saturated carbocycles. The van der Waals surface area contributed by atoms with Crippen molar-refractivity contribution in [1.82, 2.24) is 0 Å². The second kappa shape index (κ2) is 7.81. The minimum Gasteiger partial charge on any atom is -0.541 e. The fourth-order valence-corrected chi connectivity index (χ4v) is 5.57. The molecule has 0 aliphatic carbocycles. The van der Waals surface area contributed by atoms with Gasteiger partial charge in [0.25, 0.3) is 8.32 Å². The summed E-state index contributed by atoms with van der Waals surface area (Å²) in [6.07, 6.45) is 1.75. The Morgan fingerprint density at radius 3 is 2.33 bits per heavy atom. The first kappa shape index (κ1) is 23.7. The van der Waals surface area contributed by atoms with Gasteiger partial charge in [0.2, 0.25) is 6.29 Å². The summed E-state index contributed by atoms with van der Waals surface area (Å²) in [5.41, 5.74) is 6.27. The molecule has 0 spiro atoms. The summed E-state index contributed by atoms with van der Waals surface area (Å²) in [6, 6.07) is 8.22. The van der Waals surface area contributed by atoms with Gasteiger partial charge in [0.05, 0.1) is 18.2 Å². The first-order valence-corrected chi connectivity index (χ1v) is 14.5. The van der Waals surface area contributed by atoms with Crippen LogP contribution >= 0.6 is 0 Å². The molecule has 2 aromatic rings. The van der Waals surface area contributed by atoms with Gasteiger partial charge in [-0.05, 0) is 68.2 Å². The Balaban J connectivity index is 1.94. The van der Waals surface area contributed by atoms with Crippen molar-refractivity contribution in [3.63, 3.8) is 0 Å². The topological polar surface area (TPSA) is 49.0 Å². The van der Waals surface area contributed by atoms with Crippen LogP contribution in [0, 0.1) is 0 Å². The van der Waals surface area contributed by atoms with Crippen molar-refractivity contribution in [1.29, 1.82) is 0 Å². The summed E-state index contributed by atoms with van der Waals surface area (Å²) in [5.74, 6) is 2.20. The number of hydrogen-bond donors (Lipinski definition) is 1. The van der Waals surface area contributed by atoms with Crippen LogP contribution in [-0.4, -0.2) is 28.1 Å². The maximum atomic E-state index is 6.69. The second-order valence-electron chi connectivity index (χ2n) is 11.1. The molecule has 33 heavy (non-hydrogen) atoms. The van der Waals surface area contributed by atoms with Crippen molar-refractivity contribution < 1.29 is 18.6 Å². The van der Waals surface area contributed by atoms with E-state index in [1.54, 1.807) is 14.2 Å². The standard InChI is InChI=1S/C27H37NO4Si/c1-16-15-27(5,6)28-18-12-11-17-22-19(31-25(30-8)23(17)21(16)18)13-14-20(24(22)29-7)32-33(9,10)26(2,3)4/h11-15,25,28H,1-10H3. The van der Waals surface area contributed by atoms with E-state index >= 15 is 0 Å². The van der Waals surface area contributed by atoms with Gasteiger partial charge in [0.15, 0.2) is 5.75 Å². The fourth-order valence-electron chi connectivity index (χ4n) is 4.56. The third-order valence-corrected chi connectivity index (χ3v) is 11.4. The molecule has 1 unspecified atom stereocenters. The maximum Gasteiger partial charge on any atom is 0.250 e. The molecule has 2 aromatic carbocycles. The lowest BCUT2D eigenvalue weighted by atomic mass is 9.83. The van der Waals surface area contributed by atoms with Crippen LogP contribution in [0.5, 0.6) is 17.2 Å². The predicted molar refractivity (Wildman–Crippen MR) is 138 cm³/mol. The highest BCUT2D eigenvalue weighted by molar-refractivity contribution is 6.74. The largest absolute Gasteiger partial charge is 0.541 e. The van der Waals surface area contributed by atoms with Crippen molar-refractivity contribution in [2.75, 3.05) is 19.5 Å². The molecule has 0 fully saturated rings. The van der Waals surface area contributed by atoms with E-state index in [0.29, 0.717) is 5.75 Å². The quantitative estimate of drug-likeness (QED) is 0.475. The van der Waals surface area contributed by atoms with E-state index in [0.717, 1.165) is 39.4 Å². The molecule has 0 saturated heterocycles. The molecule has 4 rings (SSSR count). The number of ether oxygens (including phenoxy) is 3.